The predicted molar refractivity (Wildman–Crippen MR) is 63.5 cm³/mol. The molecule has 1 saturated heterocycles. The van der Waals surface area contributed by atoms with Crippen molar-refractivity contribution in [2.45, 2.75) is 18.9 Å². The Bertz CT molecular complexity index is 294. The van der Waals surface area contributed by atoms with Crippen molar-refractivity contribution in [2.24, 2.45) is 11.7 Å². The van der Waals surface area contributed by atoms with Crippen LogP contribution in [0.5, 0.6) is 5.75 Å². The first-order valence-electron chi connectivity index (χ1n) is 5.88. The third-order valence-corrected chi connectivity index (χ3v) is 2.96. The third-order valence-electron chi connectivity index (χ3n) is 2.96. The fourth-order valence-electron chi connectivity index (χ4n) is 1.91. The van der Waals surface area contributed by atoms with Crippen LogP contribution in [0, 0.1) is 5.92 Å². The van der Waals surface area contributed by atoms with Gasteiger partial charge >= 0.3 is 0 Å². The summed E-state index contributed by atoms with van der Waals surface area (Å²) in [5.41, 5.74) is 5.56. The van der Waals surface area contributed by atoms with E-state index in [0.29, 0.717) is 12.5 Å². The number of hydrogen-bond donors (Lipinski definition) is 1. The average molecular weight is 221 g/mol. The van der Waals surface area contributed by atoms with Crippen LogP contribution in [0.1, 0.15) is 12.8 Å². The zero-order chi connectivity index (χ0) is 11.2. The molecular weight excluding hydrogens is 202 g/mol. The first-order chi connectivity index (χ1) is 7.88. The smallest absolute Gasteiger partial charge is 0.119 e. The Morgan fingerprint density at radius 1 is 1.25 bits per heavy atom. The second-order valence-electron chi connectivity index (χ2n) is 4.26. The topological polar surface area (TPSA) is 44.5 Å². The molecule has 0 spiro atoms. The molecule has 2 atom stereocenters. The van der Waals surface area contributed by atoms with Crippen LogP contribution in [0.3, 0.4) is 0 Å². The van der Waals surface area contributed by atoms with Crippen molar-refractivity contribution < 1.29 is 9.47 Å². The van der Waals surface area contributed by atoms with Gasteiger partial charge in [0, 0.05) is 12.5 Å². The maximum absolute atomic E-state index is 5.70. The molecule has 3 nitrogen and oxygen atoms in total. The fourth-order valence-corrected chi connectivity index (χ4v) is 1.91. The molecule has 0 aromatic heterocycles. The quantitative estimate of drug-likeness (QED) is 0.843. The van der Waals surface area contributed by atoms with Crippen molar-refractivity contribution in [3.05, 3.63) is 30.3 Å². The highest BCUT2D eigenvalue weighted by Crippen LogP contribution is 2.19. The predicted octanol–water partition coefficient (Wildman–Crippen LogP) is 1.82. The average Bonchev–Trinajstić information content (AvgIpc) is 2.38. The standard InChI is InChI=1S/C13H19NO2/c14-8-13-7-6-11(10-16-13)9-15-12-4-2-1-3-5-12/h1-5,11,13H,6-10,14H2/t11-,13-/m1/s1. The Balaban J connectivity index is 1.72. The van der Waals surface area contributed by atoms with Crippen LogP contribution in [0.2, 0.25) is 0 Å². The van der Waals surface area contributed by atoms with E-state index in [1.54, 1.807) is 0 Å². The molecule has 1 aliphatic heterocycles. The maximum Gasteiger partial charge on any atom is 0.119 e. The lowest BCUT2D eigenvalue weighted by Crippen LogP contribution is -2.33. The van der Waals surface area contributed by atoms with Gasteiger partial charge in [-0.15, -0.1) is 0 Å². The van der Waals surface area contributed by atoms with Crippen molar-refractivity contribution in [3.63, 3.8) is 0 Å². The van der Waals surface area contributed by atoms with Gasteiger partial charge in [-0.05, 0) is 25.0 Å². The summed E-state index contributed by atoms with van der Waals surface area (Å²) in [7, 11) is 0. The van der Waals surface area contributed by atoms with E-state index in [4.69, 9.17) is 15.2 Å². The van der Waals surface area contributed by atoms with Gasteiger partial charge in [0.05, 0.1) is 19.3 Å². The number of benzene rings is 1. The first kappa shape index (κ1) is 11.4. The van der Waals surface area contributed by atoms with Crippen molar-refractivity contribution >= 4 is 0 Å². The van der Waals surface area contributed by atoms with Crippen LogP contribution in [-0.2, 0) is 4.74 Å². The molecule has 1 fully saturated rings. The van der Waals surface area contributed by atoms with Gasteiger partial charge in [-0.3, -0.25) is 0 Å². The minimum absolute atomic E-state index is 0.257. The molecule has 0 amide bonds. The molecule has 0 saturated carbocycles. The van der Waals surface area contributed by atoms with E-state index < -0.39 is 0 Å². The summed E-state index contributed by atoms with van der Waals surface area (Å²) in [6.07, 6.45) is 2.46. The lowest BCUT2D eigenvalue weighted by Gasteiger charge is -2.28. The van der Waals surface area contributed by atoms with E-state index in [2.05, 4.69) is 0 Å². The molecule has 3 heteroatoms. The van der Waals surface area contributed by atoms with E-state index in [9.17, 15) is 0 Å². The zero-order valence-electron chi connectivity index (χ0n) is 9.47. The summed E-state index contributed by atoms with van der Waals surface area (Å²) in [6, 6.07) is 9.91. The first-order valence-corrected chi connectivity index (χ1v) is 5.88. The zero-order valence-corrected chi connectivity index (χ0v) is 9.47. The van der Waals surface area contributed by atoms with Gasteiger partial charge in [0.2, 0.25) is 0 Å². The van der Waals surface area contributed by atoms with Gasteiger partial charge in [0.15, 0.2) is 0 Å². The van der Waals surface area contributed by atoms with Gasteiger partial charge in [-0.1, -0.05) is 18.2 Å². The second kappa shape index (κ2) is 5.87. The molecular formula is C13H19NO2. The second-order valence-corrected chi connectivity index (χ2v) is 4.26. The van der Waals surface area contributed by atoms with Crippen molar-refractivity contribution in [2.75, 3.05) is 19.8 Å². The molecule has 0 aliphatic carbocycles. The Morgan fingerprint density at radius 3 is 2.69 bits per heavy atom. The van der Waals surface area contributed by atoms with Crippen LogP contribution >= 0.6 is 0 Å². The van der Waals surface area contributed by atoms with Crippen molar-refractivity contribution in [1.29, 1.82) is 0 Å². The molecule has 88 valence electrons. The highest BCUT2D eigenvalue weighted by molar-refractivity contribution is 5.20. The Morgan fingerprint density at radius 2 is 2.06 bits per heavy atom. The van der Waals surface area contributed by atoms with Gasteiger partial charge in [-0.25, -0.2) is 0 Å². The Kier molecular flexibility index (Phi) is 4.19. The minimum Gasteiger partial charge on any atom is -0.493 e. The molecule has 16 heavy (non-hydrogen) atoms. The Labute approximate surface area is 96.5 Å². The molecule has 1 aliphatic rings. The summed E-state index contributed by atoms with van der Waals surface area (Å²) in [5, 5.41) is 0. The van der Waals surface area contributed by atoms with Gasteiger partial charge < -0.3 is 15.2 Å². The SMILES string of the molecule is NC[C@H]1CC[C@H](COc2ccccc2)CO1. The molecule has 1 heterocycles. The van der Waals surface area contributed by atoms with E-state index in [0.717, 1.165) is 31.8 Å². The molecule has 0 unspecified atom stereocenters. The molecule has 1 aromatic rings. The van der Waals surface area contributed by atoms with E-state index in [-0.39, 0.29) is 6.10 Å². The summed E-state index contributed by atoms with van der Waals surface area (Å²) >= 11 is 0. The summed E-state index contributed by atoms with van der Waals surface area (Å²) in [6.45, 7) is 2.14. The molecule has 2 N–H and O–H groups in total. The lowest BCUT2D eigenvalue weighted by atomic mass is 9.99. The summed E-state index contributed by atoms with van der Waals surface area (Å²) in [4.78, 5) is 0. The van der Waals surface area contributed by atoms with Crippen molar-refractivity contribution in [1.82, 2.24) is 0 Å². The van der Waals surface area contributed by atoms with Crippen LogP contribution in [-0.4, -0.2) is 25.9 Å². The van der Waals surface area contributed by atoms with Gasteiger partial charge in [0.1, 0.15) is 5.75 Å². The third kappa shape index (κ3) is 3.22. The normalized spacial score (nSPS) is 25.3. The number of nitrogens with two attached hydrogens (primary N) is 1. The summed E-state index contributed by atoms with van der Waals surface area (Å²) in [5.74, 6) is 1.44. The number of para-hydroxylation sites is 1. The molecule has 1 aromatic carbocycles. The Hall–Kier alpha value is -1.06. The molecule has 2 rings (SSSR count). The molecule has 0 radical (unpaired) electrons. The van der Waals surface area contributed by atoms with Crippen LogP contribution in [0.4, 0.5) is 0 Å². The van der Waals surface area contributed by atoms with Gasteiger partial charge in [-0.2, -0.15) is 0 Å². The van der Waals surface area contributed by atoms with Crippen LogP contribution < -0.4 is 10.5 Å². The van der Waals surface area contributed by atoms with Gasteiger partial charge in [0.25, 0.3) is 0 Å². The maximum atomic E-state index is 5.70. The van der Waals surface area contributed by atoms with Crippen molar-refractivity contribution in [3.8, 4) is 5.75 Å². The van der Waals surface area contributed by atoms with E-state index in [1.807, 2.05) is 30.3 Å². The molecule has 0 bridgehead atoms. The minimum atomic E-state index is 0.257. The highest BCUT2D eigenvalue weighted by Gasteiger charge is 2.20. The van der Waals surface area contributed by atoms with E-state index >= 15 is 0 Å². The number of ether oxygens (including phenoxy) is 2. The van der Waals surface area contributed by atoms with Crippen LogP contribution in [0.25, 0.3) is 0 Å². The number of rotatable bonds is 4. The van der Waals surface area contributed by atoms with E-state index in [1.165, 1.54) is 0 Å². The largest absolute Gasteiger partial charge is 0.493 e. The highest BCUT2D eigenvalue weighted by atomic mass is 16.5. The number of hydrogen-bond acceptors (Lipinski definition) is 3. The van der Waals surface area contributed by atoms with Crippen LogP contribution in [0.15, 0.2) is 30.3 Å². The fraction of sp³-hybridized carbons (Fsp3) is 0.538. The summed E-state index contributed by atoms with van der Waals surface area (Å²) < 4.78 is 11.3. The monoisotopic (exact) mass is 221 g/mol. The lowest BCUT2D eigenvalue weighted by molar-refractivity contribution is -0.0219.